The summed E-state index contributed by atoms with van der Waals surface area (Å²) in [5.74, 6) is 0. The van der Waals surface area contributed by atoms with Crippen molar-refractivity contribution in [1.82, 2.24) is 4.98 Å². The van der Waals surface area contributed by atoms with Crippen LogP contribution in [0.4, 0.5) is 0 Å². The van der Waals surface area contributed by atoms with Crippen molar-refractivity contribution in [2.24, 2.45) is 0 Å². The van der Waals surface area contributed by atoms with Crippen LogP contribution in [0.25, 0.3) is 10.9 Å². The second-order valence-electron chi connectivity index (χ2n) is 5.17. The number of aromatic nitrogens is 1. The largest absolute Gasteiger partial charge is 0.251 e. The summed E-state index contributed by atoms with van der Waals surface area (Å²) in [6, 6.07) is 7.46. The van der Waals surface area contributed by atoms with Gasteiger partial charge in [0.1, 0.15) is 0 Å². The van der Waals surface area contributed by atoms with Crippen LogP contribution in [-0.2, 0) is 5.41 Å². The van der Waals surface area contributed by atoms with Gasteiger partial charge < -0.3 is 0 Å². The molecule has 2 rings (SSSR count). The number of hydrogen-bond acceptors (Lipinski definition) is 2. The van der Waals surface area contributed by atoms with Crippen LogP contribution < -0.4 is 0 Å². The van der Waals surface area contributed by atoms with Crippen molar-refractivity contribution in [2.45, 2.75) is 26.2 Å². The smallest absolute Gasteiger partial charge is 0.0999 e. The first kappa shape index (κ1) is 13.1. The van der Waals surface area contributed by atoms with E-state index < -0.39 is 0 Å². The molecule has 0 bridgehead atoms. The number of fused-ring (bicyclic) bond motifs is 1. The van der Waals surface area contributed by atoms with Gasteiger partial charge in [-0.25, -0.2) is 0 Å². The van der Waals surface area contributed by atoms with Crippen LogP contribution in [0.15, 0.2) is 18.2 Å². The Morgan fingerprint density at radius 1 is 1.22 bits per heavy atom. The summed E-state index contributed by atoms with van der Waals surface area (Å²) in [5.41, 5.74) is 1.85. The predicted octanol–water partition coefficient (Wildman–Crippen LogP) is 4.71. The van der Waals surface area contributed by atoms with E-state index in [-0.39, 0.29) is 5.41 Å². The van der Waals surface area contributed by atoms with Crippen LogP contribution in [0.1, 0.15) is 32.0 Å². The summed E-state index contributed by atoms with van der Waals surface area (Å²) >= 11 is 12.2. The minimum absolute atomic E-state index is 0.147. The Hall–Kier alpha value is -1.30. The number of pyridine rings is 1. The van der Waals surface area contributed by atoms with Crippen LogP contribution in [0.5, 0.6) is 0 Å². The van der Waals surface area contributed by atoms with Crippen LogP contribution in [0, 0.1) is 11.3 Å². The molecule has 0 saturated carbocycles. The predicted molar refractivity (Wildman–Crippen MR) is 75.2 cm³/mol. The normalized spacial score (nSPS) is 11.6. The topological polar surface area (TPSA) is 36.7 Å². The lowest BCUT2D eigenvalue weighted by molar-refractivity contribution is 0.571. The Bertz CT molecular complexity index is 664. The lowest BCUT2D eigenvalue weighted by Crippen LogP contribution is -2.14. The maximum Gasteiger partial charge on any atom is 0.0999 e. The lowest BCUT2D eigenvalue weighted by atomic mass is 9.90. The molecule has 0 N–H and O–H groups in total. The van der Waals surface area contributed by atoms with Gasteiger partial charge in [-0.05, 0) is 18.2 Å². The van der Waals surface area contributed by atoms with Crippen LogP contribution in [0.3, 0.4) is 0 Å². The molecule has 0 spiro atoms. The van der Waals surface area contributed by atoms with Crippen molar-refractivity contribution in [3.05, 3.63) is 39.5 Å². The number of rotatable bonds is 0. The maximum atomic E-state index is 9.23. The van der Waals surface area contributed by atoms with Gasteiger partial charge in [-0.2, -0.15) is 5.26 Å². The quantitative estimate of drug-likeness (QED) is 0.700. The third kappa shape index (κ3) is 2.16. The Labute approximate surface area is 116 Å². The standard InChI is InChI=1S/C14H12Cl2N2/c1-14(2,3)11-6-8(7-17)9-4-5-10(15)12(16)13(9)18-11/h4-6H,1-3H3. The van der Waals surface area contributed by atoms with E-state index in [9.17, 15) is 5.26 Å². The number of nitrogens with zero attached hydrogens (tertiary/aromatic N) is 2. The van der Waals surface area contributed by atoms with E-state index in [2.05, 4.69) is 11.1 Å². The fourth-order valence-electron chi connectivity index (χ4n) is 1.71. The fourth-order valence-corrected chi connectivity index (χ4v) is 2.07. The highest BCUT2D eigenvalue weighted by molar-refractivity contribution is 6.45. The molecular formula is C14H12Cl2N2. The van der Waals surface area contributed by atoms with E-state index in [0.29, 0.717) is 21.1 Å². The van der Waals surface area contributed by atoms with E-state index in [1.165, 1.54) is 0 Å². The zero-order valence-electron chi connectivity index (χ0n) is 10.4. The average Bonchev–Trinajstić information content (AvgIpc) is 2.31. The van der Waals surface area contributed by atoms with E-state index >= 15 is 0 Å². The van der Waals surface area contributed by atoms with Crippen molar-refractivity contribution < 1.29 is 0 Å². The molecular weight excluding hydrogens is 267 g/mol. The Morgan fingerprint density at radius 3 is 2.44 bits per heavy atom. The van der Waals surface area contributed by atoms with Gasteiger partial charge in [0.05, 0.1) is 27.2 Å². The molecule has 0 amide bonds. The molecule has 0 aliphatic rings. The molecule has 0 saturated heterocycles. The first-order valence-electron chi connectivity index (χ1n) is 5.54. The molecule has 0 radical (unpaired) electrons. The molecule has 0 atom stereocenters. The monoisotopic (exact) mass is 278 g/mol. The minimum Gasteiger partial charge on any atom is -0.251 e. The summed E-state index contributed by atoms with van der Waals surface area (Å²) in [7, 11) is 0. The second-order valence-corrected chi connectivity index (χ2v) is 5.96. The summed E-state index contributed by atoms with van der Waals surface area (Å²) in [5, 5.41) is 10.8. The molecule has 2 nitrogen and oxygen atoms in total. The first-order valence-corrected chi connectivity index (χ1v) is 6.29. The number of hydrogen-bond donors (Lipinski definition) is 0. The molecule has 92 valence electrons. The molecule has 0 unspecified atom stereocenters. The van der Waals surface area contributed by atoms with Crippen LogP contribution in [-0.4, -0.2) is 4.98 Å². The molecule has 18 heavy (non-hydrogen) atoms. The van der Waals surface area contributed by atoms with Crippen LogP contribution in [0.2, 0.25) is 10.0 Å². The molecule has 2 aromatic rings. The number of halogens is 2. The third-order valence-corrected chi connectivity index (χ3v) is 3.56. The van der Waals surface area contributed by atoms with Crippen molar-refractivity contribution in [2.75, 3.05) is 0 Å². The Balaban J connectivity index is 2.91. The molecule has 1 aromatic carbocycles. The minimum atomic E-state index is -0.147. The van der Waals surface area contributed by atoms with Crippen molar-refractivity contribution >= 4 is 34.1 Å². The van der Waals surface area contributed by atoms with Gasteiger partial charge in [0.2, 0.25) is 0 Å². The van der Waals surface area contributed by atoms with Gasteiger partial charge in [0.25, 0.3) is 0 Å². The van der Waals surface area contributed by atoms with Crippen molar-refractivity contribution in [1.29, 1.82) is 5.26 Å². The summed E-state index contributed by atoms with van der Waals surface area (Å²) < 4.78 is 0. The zero-order chi connectivity index (χ0) is 13.5. The average molecular weight is 279 g/mol. The van der Waals surface area contributed by atoms with E-state index in [4.69, 9.17) is 23.2 Å². The zero-order valence-corrected chi connectivity index (χ0v) is 11.9. The number of benzene rings is 1. The van der Waals surface area contributed by atoms with E-state index in [1.54, 1.807) is 12.1 Å². The van der Waals surface area contributed by atoms with Gasteiger partial charge in [0, 0.05) is 16.5 Å². The lowest BCUT2D eigenvalue weighted by Gasteiger charge is -2.19. The highest BCUT2D eigenvalue weighted by Gasteiger charge is 2.19. The molecule has 0 fully saturated rings. The fraction of sp³-hybridized carbons (Fsp3) is 0.286. The molecule has 1 heterocycles. The highest BCUT2D eigenvalue weighted by atomic mass is 35.5. The van der Waals surface area contributed by atoms with Gasteiger partial charge in [0.15, 0.2) is 0 Å². The SMILES string of the molecule is CC(C)(C)c1cc(C#N)c2ccc(Cl)c(Cl)c2n1. The molecule has 1 aromatic heterocycles. The Morgan fingerprint density at radius 2 is 1.89 bits per heavy atom. The summed E-state index contributed by atoms with van der Waals surface area (Å²) in [6.07, 6.45) is 0. The van der Waals surface area contributed by atoms with Crippen LogP contribution >= 0.6 is 23.2 Å². The number of nitriles is 1. The molecule has 4 heteroatoms. The second kappa shape index (κ2) is 4.42. The Kier molecular flexibility index (Phi) is 3.23. The highest BCUT2D eigenvalue weighted by Crippen LogP contribution is 2.33. The van der Waals surface area contributed by atoms with Crippen molar-refractivity contribution in [3.8, 4) is 6.07 Å². The molecule has 0 aliphatic carbocycles. The van der Waals surface area contributed by atoms with Crippen molar-refractivity contribution in [3.63, 3.8) is 0 Å². The van der Waals surface area contributed by atoms with E-state index in [1.807, 2.05) is 26.8 Å². The van der Waals surface area contributed by atoms with Gasteiger partial charge in [-0.15, -0.1) is 0 Å². The summed E-state index contributed by atoms with van der Waals surface area (Å²) in [4.78, 5) is 4.55. The van der Waals surface area contributed by atoms with Gasteiger partial charge in [-0.3, -0.25) is 4.98 Å². The van der Waals surface area contributed by atoms with Gasteiger partial charge >= 0.3 is 0 Å². The molecule has 0 aliphatic heterocycles. The maximum absolute atomic E-state index is 9.23. The van der Waals surface area contributed by atoms with Gasteiger partial charge in [-0.1, -0.05) is 44.0 Å². The summed E-state index contributed by atoms with van der Waals surface area (Å²) in [6.45, 7) is 6.13. The third-order valence-electron chi connectivity index (χ3n) is 2.76. The first-order chi connectivity index (χ1) is 8.34. The van der Waals surface area contributed by atoms with E-state index in [0.717, 1.165) is 11.1 Å².